The normalized spacial score (nSPS) is 12.1. The van der Waals surface area contributed by atoms with Crippen LogP contribution in [0.15, 0.2) is 46.3 Å². The molecule has 0 saturated heterocycles. The van der Waals surface area contributed by atoms with Gasteiger partial charge in [-0.15, -0.1) is 11.3 Å². The van der Waals surface area contributed by atoms with Crippen LogP contribution >= 0.6 is 27.3 Å². The van der Waals surface area contributed by atoms with Crippen molar-refractivity contribution in [2.24, 2.45) is 5.73 Å². The Labute approximate surface area is 137 Å². The van der Waals surface area contributed by atoms with Gasteiger partial charge in [-0.3, -0.25) is 4.79 Å². The maximum Gasteiger partial charge on any atom is 0.231 e. The molecule has 2 N–H and O–H groups in total. The lowest BCUT2D eigenvalue weighted by Crippen LogP contribution is -2.37. The van der Waals surface area contributed by atoms with Crippen molar-refractivity contribution in [2.75, 3.05) is 13.1 Å². The van der Waals surface area contributed by atoms with Crippen LogP contribution in [0, 0.1) is 0 Å². The third-order valence-electron chi connectivity index (χ3n) is 3.40. The molecule has 0 bridgehead atoms. The van der Waals surface area contributed by atoms with E-state index in [1.807, 2.05) is 54.3 Å². The van der Waals surface area contributed by atoms with Crippen LogP contribution < -0.4 is 5.73 Å². The van der Waals surface area contributed by atoms with Gasteiger partial charge in [0, 0.05) is 18.0 Å². The molecule has 1 amide bonds. The minimum absolute atomic E-state index is 0.0933. The second-order valence-electron chi connectivity index (χ2n) is 4.76. The van der Waals surface area contributed by atoms with Crippen molar-refractivity contribution in [3.05, 3.63) is 56.7 Å². The molecule has 0 spiro atoms. The van der Waals surface area contributed by atoms with Gasteiger partial charge in [0.2, 0.25) is 5.91 Å². The number of hydrogen-bond acceptors (Lipinski definition) is 3. The molecule has 1 atom stereocenters. The number of benzene rings is 1. The number of thiophene rings is 1. The summed E-state index contributed by atoms with van der Waals surface area (Å²) in [6.07, 6.45) is 0. The maximum atomic E-state index is 12.8. The number of hydrogen-bond donors (Lipinski definition) is 1. The number of halogens is 1. The Balaban J connectivity index is 2.14. The Morgan fingerprint density at radius 1 is 1.29 bits per heavy atom. The second-order valence-corrected chi connectivity index (χ2v) is 7.30. The van der Waals surface area contributed by atoms with Crippen LogP contribution in [0.25, 0.3) is 0 Å². The summed E-state index contributed by atoms with van der Waals surface area (Å²) in [5.41, 5.74) is 6.83. The van der Waals surface area contributed by atoms with Gasteiger partial charge in [0.25, 0.3) is 0 Å². The zero-order valence-corrected chi connectivity index (χ0v) is 14.4. The van der Waals surface area contributed by atoms with E-state index < -0.39 is 0 Å². The van der Waals surface area contributed by atoms with E-state index in [4.69, 9.17) is 5.73 Å². The highest BCUT2D eigenvalue weighted by atomic mass is 79.9. The third kappa shape index (κ3) is 4.15. The van der Waals surface area contributed by atoms with Crippen molar-refractivity contribution in [2.45, 2.75) is 19.4 Å². The van der Waals surface area contributed by atoms with Crippen molar-refractivity contribution in [3.63, 3.8) is 0 Å². The number of nitrogens with zero attached hydrogens (tertiary/aromatic N) is 1. The molecule has 1 unspecified atom stereocenters. The van der Waals surface area contributed by atoms with Crippen LogP contribution in [0.5, 0.6) is 0 Å². The first kappa shape index (κ1) is 16.2. The molecular formula is C16H19BrN2OS. The van der Waals surface area contributed by atoms with Gasteiger partial charge < -0.3 is 10.6 Å². The third-order valence-corrected chi connectivity index (χ3v) is 5.01. The van der Waals surface area contributed by atoms with E-state index in [0.717, 1.165) is 9.35 Å². The molecule has 1 heterocycles. The smallest absolute Gasteiger partial charge is 0.231 e. The van der Waals surface area contributed by atoms with E-state index in [0.29, 0.717) is 19.6 Å². The molecule has 0 fully saturated rings. The summed E-state index contributed by atoms with van der Waals surface area (Å²) in [6, 6.07) is 13.8. The predicted octanol–water partition coefficient (Wildman–Crippen LogP) is 3.60. The van der Waals surface area contributed by atoms with E-state index in [1.165, 1.54) is 4.88 Å². The Kier molecular flexibility index (Phi) is 5.96. The van der Waals surface area contributed by atoms with Crippen LogP contribution in [0.1, 0.15) is 23.3 Å². The summed E-state index contributed by atoms with van der Waals surface area (Å²) in [6.45, 7) is 3.64. The van der Waals surface area contributed by atoms with Gasteiger partial charge in [-0.1, -0.05) is 30.3 Å². The average Bonchev–Trinajstić information content (AvgIpc) is 2.92. The number of carbonyl (C=O) groups excluding carboxylic acids is 1. The molecule has 0 radical (unpaired) electrons. The molecule has 1 aromatic heterocycles. The van der Waals surface area contributed by atoms with Crippen molar-refractivity contribution >= 4 is 33.2 Å². The molecule has 2 aromatic rings. The lowest BCUT2D eigenvalue weighted by molar-refractivity contribution is -0.133. The van der Waals surface area contributed by atoms with E-state index in [2.05, 4.69) is 15.9 Å². The molecule has 3 nitrogen and oxygen atoms in total. The number of carbonyl (C=O) groups is 1. The van der Waals surface area contributed by atoms with Gasteiger partial charge in [0.15, 0.2) is 0 Å². The summed E-state index contributed by atoms with van der Waals surface area (Å²) in [7, 11) is 0. The van der Waals surface area contributed by atoms with Crippen LogP contribution in [0.4, 0.5) is 0 Å². The molecule has 5 heteroatoms. The molecule has 0 saturated carbocycles. The number of rotatable bonds is 6. The summed E-state index contributed by atoms with van der Waals surface area (Å²) in [5, 5.41) is 0. The largest absolute Gasteiger partial charge is 0.337 e. The van der Waals surface area contributed by atoms with Gasteiger partial charge in [0.1, 0.15) is 0 Å². The molecule has 0 aliphatic heterocycles. The van der Waals surface area contributed by atoms with Crippen LogP contribution in [-0.2, 0) is 11.3 Å². The van der Waals surface area contributed by atoms with Crippen molar-refractivity contribution in [1.29, 1.82) is 0 Å². The molecular weight excluding hydrogens is 348 g/mol. The average molecular weight is 367 g/mol. The van der Waals surface area contributed by atoms with Gasteiger partial charge in [-0.2, -0.15) is 0 Å². The van der Waals surface area contributed by atoms with E-state index in [-0.39, 0.29) is 11.8 Å². The SMILES string of the molecule is CCN(Cc1ccc(Br)s1)C(=O)C(CN)c1ccccc1. The predicted molar refractivity (Wildman–Crippen MR) is 91.3 cm³/mol. The summed E-state index contributed by atoms with van der Waals surface area (Å²) in [4.78, 5) is 15.8. The van der Waals surface area contributed by atoms with Gasteiger partial charge in [0.05, 0.1) is 16.2 Å². The fourth-order valence-corrected chi connectivity index (χ4v) is 3.75. The van der Waals surface area contributed by atoms with Crippen molar-refractivity contribution in [1.82, 2.24) is 4.90 Å². The Morgan fingerprint density at radius 3 is 2.52 bits per heavy atom. The zero-order valence-electron chi connectivity index (χ0n) is 12.0. The minimum Gasteiger partial charge on any atom is -0.337 e. The highest BCUT2D eigenvalue weighted by molar-refractivity contribution is 9.11. The summed E-state index contributed by atoms with van der Waals surface area (Å²) < 4.78 is 1.08. The standard InChI is InChI=1S/C16H19BrN2OS/c1-2-19(11-13-8-9-15(17)21-13)16(20)14(10-18)12-6-4-3-5-7-12/h3-9,14H,2,10-11,18H2,1H3. The minimum atomic E-state index is -0.269. The van der Waals surface area contributed by atoms with Gasteiger partial charge >= 0.3 is 0 Å². The highest BCUT2D eigenvalue weighted by Crippen LogP contribution is 2.25. The first-order valence-electron chi connectivity index (χ1n) is 6.93. The molecule has 112 valence electrons. The molecule has 1 aromatic carbocycles. The summed E-state index contributed by atoms with van der Waals surface area (Å²) in [5.74, 6) is -0.176. The second kappa shape index (κ2) is 7.73. The lowest BCUT2D eigenvalue weighted by atomic mass is 9.97. The number of amides is 1. The number of likely N-dealkylation sites (N-methyl/N-ethyl adjacent to an activating group) is 1. The Bertz CT molecular complexity index is 585. The van der Waals surface area contributed by atoms with Crippen molar-refractivity contribution in [3.8, 4) is 0 Å². The molecule has 0 aliphatic carbocycles. The summed E-state index contributed by atoms with van der Waals surface area (Å²) >= 11 is 5.11. The quantitative estimate of drug-likeness (QED) is 0.848. The van der Waals surface area contributed by atoms with Gasteiger partial charge in [-0.05, 0) is 40.5 Å². The van der Waals surface area contributed by atoms with Crippen LogP contribution in [0.3, 0.4) is 0 Å². The van der Waals surface area contributed by atoms with Crippen molar-refractivity contribution < 1.29 is 4.79 Å². The first-order valence-corrected chi connectivity index (χ1v) is 8.54. The fourth-order valence-electron chi connectivity index (χ4n) is 2.26. The molecule has 2 rings (SSSR count). The van der Waals surface area contributed by atoms with Gasteiger partial charge in [-0.25, -0.2) is 0 Å². The van der Waals surface area contributed by atoms with E-state index in [1.54, 1.807) is 11.3 Å². The Hall–Kier alpha value is -1.17. The van der Waals surface area contributed by atoms with Crippen LogP contribution in [0.2, 0.25) is 0 Å². The van der Waals surface area contributed by atoms with Crippen LogP contribution in [-0.4, -0.2) is 23.9 Å². The molecule has 21 heavy (non-hydrogen) atoms. The highest BCUT2D eigenvalue weighted by Gasteiger charge is 2.24. The molecule has 0 aliphatic rings. The fraction of sp³-hybridized carbons (Fsp3) is 0.312. The maximum absolute atomic E-state index is 12.8. The lowest BCUT2D eigenvalue weighted by Gasteiger charge is -2.25. The number of nitrogens with two attached hydrogens (primary N) is 1. The Morgan fingerprint density at radius 2 is 2.00 bits per heavy atom. The monoisotopic (exact) mass is 366 g/mol. The first-order chi connectivity index (χ1) is 10.2. The van der Waals surface area contributed by atoms with E-state index in [9.17, 15) is 4.79 Å². The topological polar surface area (TPSA) is 46.3 Å². The van der Waals surface area contributed by atoms with E-state index >= 15 is 0 Å². The zero-order chi connectivity index (χ0) is 15.2.